The van der Waals surface area contributed by atoms with Crippen LogP contribution in [0.1, 0.15) is 61.3 Å². The molecule has 0 saturated heterocycles. The summed E-state index contributed by atoms with van der Waals surface area (Å²) in [5.74, 6) is 1.00. The molecule has 17 heavy (non-hydrogen) atoms. The molecule has 1 rings (SSSR count). The fraction of sp³-hybridized carbons (Fsp3) is 0.812. The summed E-state index contributed by atoms with van der Waals surface area (Å²) in [5, 5.41) is 0. The third-order valence-corrected chi connectivity index (χ3v) is 4.35. The molecule has 1 aliphatic carbocycles. The minimum absolute atomic E-state index is 0.121. The summed E-state index contributed by atoms with van der Waals surface area (Å²) in [6, 6.07) is 0. The Labute approximate surface area is 107 Å². The Hall–Kier alpha value is -0.590. The quantitative estimate of drug-likeness (QED) is 0.653. The number of ketones is 1. The predicted molar refractivity (Wildman–Crippen MR) is 73.9 cm³/mol. The summed E-state index contributed by atoms with van der Waals surface area (Å²) >= 11 is 0. The molecule has 1 nitrogen and oxygen atoms in total. The van der Waals surface area contributed by atoms with E-state index in [1.807, 2.05) is 6.92 Å². The van der Waals surface area contributed by atoms with Gasteiger partial charge in [-0.2, -0.15) is 0 Å². The summed E-state index contributed by atoms with van der Waals surface area (Å²) in [6.07, 6.45) is 4.15. The maximum atomic E-state index is 12.0. The van der Waals surface area contributed by atoms with Crippen molar-refractivity contribution in [2.45, 2.75) is 61.3 Å². The summed E-state index contributed by atoms with van der Waals surface area (Å²) in [7, 11) is 0. The molecule has 98 valence electrons. The van der Waals surface area contributed by atoms with Crippen LogP contribution in [0.25, 0.3) is 0 Å². The monoisotopic (exact) mass is 236 g/mol. The number of carbonyl (C=O) groups excluding carboxylic acids is 1. The Morgan fingerprint density at radius 1 is 1.41 bits per heavy atom. The number of hydrogen-bond acceptors (Lipinski definition) is 1. The van der Waals surface area contributed by atoms with Crippen molar-refractivity contribution in [3.8, 4) is 0 Å². The minimum Gasteiger partial charge on any atom is -0.299 e. The molecular formula is C16H28O. The molecule has 0 aliphatic heterocycles. The summed E-state index contributed by atoms with van der Waals surface area (Å²) in [6.45, 7) is 15.5. The van der Waals surface area contributed by atoms with E-state index in [2.05, 4.69) is 47.6 Å². The number of hydrogen-bond donors (Lipinski definition) is 0. The summed E-state index contributed by atoms with van der Waals surface area (Å²) in [4.78, 5) is 12.0. The smallest absolute Gasteiger partial charge is 0.135 e. The molecule has 0 aromatic carbocycles. The van der Waals surface area contributed by atoms with Gasteiger partial charge in [0.05, 0.1) is 0 Å². The zero-order valence-electron chi connectivity index (χ0n) is 12.6. The first-order valence-electron chi connectivity index (χ1n) is 6.83. The van der Waals surface area contributed by atoms with Crippen molar-refractivity contribution in [2.24, 2.45) is 22.7 Å². The van der Waals surface area contributed by atoms with Crippen LogP contribution in [0, 0.1) is 22.7 Å². The molecule has 1 heteroatoms. The second kappa shape index (κ2) is 4.59. The van der Waals surface area contributed by atoms with E-state index >= 15 is 0 Å². The lowest BCUT2D eigenvalue weighted by Crippen LogP contribution is -2.44. The van der Waals surface area contributed by atoms with E-state index in [-0.39, 0.29) is 16.7 Å². The number of allylic oxidation sites excluding steroid dienone is 2. The van der Waals surface area contributed by atoms with Gasteiger partial charge in [-0.1, -0.05) is 53.2 Å². The molecule has 0 bridgehead atoms. The van der Waals surface area contributed by atoms with E-state index in [4.69, 9.17) is 0 Å². The van der Waals surface area contributed by atoms with Crippen molar-refractivity contribution in [3.05, 3.63) is 11.6 Å². The van der Waals surface area contributed by atoms with Crippen LogP contribution < -0.4 is 0 Å². The molecule has 0 aromatic rings. The molecule has 0 heterocycles. The standard InChI is InChI=1S/C16H28O/c1-8-13(17)12(3)14-15(4,5)9-11(2)10-16(14,6)7/h9,12,14H,8,10H2,1-7H3. The van der Waals surface area contributed by atoms with Crippen molar-refractivity contribution in [1.82, 2.24) is 0 Å². The van der Waals surface area contributed by atoms with Crippen molar-refractivity contribution >= 4 is 5.78 Å². The van der Waals surface area contributed by atoms with E-state index in [1.54, 1.807) is 0 Å². The average molecular weight is 236 g/mol. The van der Waals surface area contributed by atoms with Crippen LogP contribution in [0.2, 0.25) is 0 Å². The van der Waals surface area contributed by atoms with Crippen molar-refractivity contribution < 1.29 is 4.79 Å². The fourth-order valence-electron chi connectivity index (χ4n) is 4.44. The predicted octanol–water partition coefficient (Wildman–Crippen LogP) is 4.62. The lowest BCUT2D eigenvalue weighted by Gasteiger charge is -2.50. The van der Waals surface area contributed by atoms with Gasteiger partial charge in [-0.3, -0.25) is 4.79 Å². The van der Waals surface area contributed by atoms with Crippen LogP contribution in [0.4, 0.5) is 0 Å². The lowest BCUT2D eigenvalue weighted by atomic mass is 9.54. The number of rotatable bonds is 3. The van der Waals surface area contributed by atoms with Gasteiger partial charge in [-0.25, -0.2) is 0 Å². The highest BCUT2D eigenvalue weighted by Crippen LogP contribution is 2.53. The Bertz CT molecular complexity index is 333. The van der Waals surface area contributed by atoms with Gasteiger partial charge in [0.2, 0.25) is 0 Å². The number of carbonyl (C=O) groups is 1. The zero-order chi connectivity index (χ0) is 13.4. The third kappa shape index (κ3) is 2.81. The number of Topliss-reactive ketones (excluding diaryl/α,β-unsaturated/α-hetero) is 1. The molecular weight excluding hydrogens is 208 g/mol. The van der Waals surface area contributed by atoms with Crippen molar-refractivity contribution in [1.29, 1.82) is 0 Å². The van der Waals surface area contributed by atoms with E-state index in [1.165, 1.54) is 5.57 Å². The molecule has 0 saturated carbocycles. The van der Waals surface area contributed by atoms with Gasteiger partial charge < -0.3 is 0 Å². The van der Waals surface area contributed by atoms with Crippen LogP contribution in [0.15, 0.2) is 11.6 Å². The van der Waals surface area contributed by atoms with Crippen molar-refractivity contribution in [2.75, 3.05) is 0 Å². The van der Waals surface area contributed by atoms with Gasteiger partial charge in [0.15, 0.2) is 0 Å². The topological polar surface area (TPSA) is 17.1 Å². The SMILES string of the molecule is CCC(=O)C(C)C1C(C)(C)C=C(C)CC1(C)C. The Morgan fingerprint density at radius 3 is 2.35 bits per heavy atom. The Balaban J connectivity index is 3.14. The van der Waals surface area contributed by atoms with E-state index in [9.17, 15) is 4.79 Å². The zero-order valence-corrected chi connectivity index (χ0v) is 12.6. The molecule has 0 aromatic heterocycles. The van der Waals surface area contributed by atoms with Gasteiger partial charge in [0, 0.05) is 12.3 Å². The van der Waals surface area contributed by atoms with Gasteiger partial charge in [-0.15, -0.1) is 0 Å². The van der Waals surface area contributed by atoms with Gasteiger partial charge in [0.25, 0.3) is 0 Å². The van der Waals surface area contributed by atoms with Crippen LogP contribution in [0.3, 0.4) is 0 Å². The maximum absolute atomic E-state index is 12.0. The molecule has 2 atom stereocenters. The fourth-order valence-corrected chi connectivity index (χ4v) is 4.44. The van der Waals surface area contributed by atoms with E-state index in [0.29, 0.717) is 18.1 Å². The lowest BCUT2D eigenvalue weighted by molar-refractivity contribution is -0.127. The largest absolute Gasteiger partial charge is 0.299 e. The third-order valence-electron chi connectivity index (χ3n) is 4.35. The Morgan fingerprint density at radius 2 is 1.94 bits per heavy atom. The maximum Gasteiger partial charge on any atom is 0.135 e. The van der Waals surface area contributed by atoms with Crippen LogP contribution in [-0.2, 0) is 4.79 Å². The first-order chi connectivity index (χ1) is 7.62. The van der Waals surface area contributed by atoms with Gasteiger partial charge in [0.1, 0.15) is 5.78 Å². The Kier molecular flexibility index (Phi) is 3.91. The molecule has 0 spiro atoms. The van der Waals surface area contributed by atoms with Crippen LogP contribution >= 0.6 is 0 Å². The second-order valence-electron chi connectivity index (χ2n) is 7.06. The highest BCUT2D eigenvalue weighted by molar-refractivity contribution is 5.80. The molecule has 0 radical (unpaired) electrons. The molecule has 0 amide bonds. The molecule has 0 fully saturated rings. The highest BCUT2D eigenvalue weighted by Gasteiger charge is 2.46. The molecule has 0 N–H and O–H groups in total. The first kappa shape index (κ1) is 14.5. The highest BCUT2D eigenvalue weighted by atomic mass is 16.1. The molecule has 2 unspecified atom stereocenters. The van der Waals surface area contributed by atoms with E-state index in [0.717, 1.165) is 6.42 Å². The van der Waals surface area contributed by atoms with Gasteiger partial charge >= 0.3 is 0 Å². The second-order valence-corrected chi connectivity index (χ2v) is 7.06. The average Bonchev–Trinajstić information content (AvgIpc) is 2.11. The molecule has 1 aliphatic rings. The van der Waals surface area contributed by atoms with Crippen molar-refractivity contribution in [3.63, 3.8) is 0 Å². The normalized spacial score (nSPS) is 28.4. The van der Waals surface area contributed by atoms with Gasteiger partial charge in [-0.05, 0) is 30.1 Å². The summed E-state index contributed by atoms with van der Waals surface area (Å²) in [5.41, 5.74) is 1.80. The summed E-state index contributed by atoms with van der Waals surface area (Å²) < 4.78 is 0. The van der Waals surface area contributed by atoms with E-state index < -0.39 is 0 Å². The van der Waals surface area contributed by atoms with Crippen LogP contribution in [0.5, 0.6) is 0 Å². The van der Waals surface area contributed by atoms with Crippen LogP contribution in [-0.4, -0.2) is 5.78 Å². The minimum atomic E-state index is 0.121. The first-order valence-corrected chi connectivity index (χ1v) is 6.83.